The fourth-order valence-electron chi connectivity index (χ4n) is 2.20. The zero-order valence-corrected chi connectivity index (χ0v) is 14.7. The second-order valence-electron chi connectivity index (χ2n) is 5.42. The van der Waals surface area contributed by atoms with Crippen molar-refractivity contribution in [2.45, 2.75) is 0 Å². The minimum Gasteiger partial charge on any atom is -0.350 e. The highest BCUT2D eigenvalue weighted by Gasteiger charge is 2.16. The van der Waals surface area contributed by atoms with Crippen LogP contribution in [-0.2, 0) is 0 Å². The molecule has 2 aromatic carbocycles. The third kappa shape index (κ3) is 4.68. The molecule has 0 fully saturated rings. The molecule has 3 aromatic rings. The number of nitrogens with one attached hydrogen (secondary N) is 2. The first-order chi connectivity index (χ1) is 13.0. The molecule has 0 saturated carbocycles. The van der Waals surface area contributed by atoms with Crippen molar-refractivity contribution in [1.82, 2.24) is 20.8 Å². The monoisotopic (exact) mass is 388 g/mol. The highest BCUT2D eigenvalue weighted by atomic mass is 35.5. The van der Waals surface area contributed by atoms with Crippen molar-refractivity contribution in [1.29, 1.82) is 0 Å². The summed E-state index contributed by atoms with van der Waals surface area (Å²) in [4.78, 5) is 28.0. The van der Waals surface area contributed by atoms with Crippen molar-refractivity contribution in [3.63, 3.8) is 0 Å². The van der Waals surface area contributed by atoms with E-state index >= 15 is 0 Å². The maximum absolute atomic E-state index is 12.9. The molecule has 1 aromatic heterocycles. The average molecular weight is 389 g/mol. The summed E-state index contributed by atoms with van der Waals surface area (Å²) in [5, 5.41) is 9.23. The van der Waals surface area contributed by atoms with Crippen LogP contribution in [0.25, 0.3) is 11.4 Å². The number of halogens is 2. The molecule has 2 N–H and O–H groups in total. The minimum atomic E-state index is -0.581. The fourth-order valence-corrected chi connectivity index (χ4v) is 2.42. The zero-order valence-electron chi connectivity index (χ0n) is 13.9. The molecule has 0 bridgehead atoms. The molecule has 0 radical (unpaired) electrons. The van der Waals surface area contributed by atoms with Gasteiger partial charge in [-0.2, -0.15) is 4.98 Å². The van der Waals surface area contributed by atoms with Crippen LogP contribution < -0.4 is 10.6 Å². The number of hydrogen-bond donors (Lipinski definition) is 2. The number of benzene rings is 2. The Morgan fingerprint density at radius 2 is 1.67 bits per heavy atom. The summed E-state index contributed by atoms with van der Waals surface area (Å²) >= 11 is 5.94. The van der Waals surface area contributed by atoms with Crippen molar-refractivity contribution >= 4 is 23.4 Å². The number of hydrogen-bond acceptors (Lipinski definition) is 5. The van der Waals surface area contributed by atoms with Gasteiger partial charge in [0.25, 0.3) is 5.91 Å². The van der Waals surface area contributed by atoms with Crippen LogP contribution in [0.15, 0.2) is 53.1 Å². The predicted molar refractivity (Wildman–Crippen MR) is 95.8 cm³/mol. The number of aromatic nitrogens is 2. The van der Waals surface area contributed by atoms with Crippen LogP contribution in [-0.4, -0.2) is 35.0 Å². The number of amides is 2. The van der Waals surface area contributed by atoms with Gasteiger partial charge in [-0.15, -0.1) is 0 Å². The van der Waals surface area contributed by atoms with Crippen LogP contribution in [0.1, 0.15) is 21.0 Å². The van der Waals surface area contributed by atoms with Crippen molar-refractivity contribution in [3.05, 3.63) is 70.8 Å². The van der Waals surface area contributed by atoms with Crippen molar-refractivity contribution in [2.24, 2.45) is 0 Å². The molecule has 9 heteroatoms. The van der Waals surface area contributed by atoms with Gasteiger partial charge in [0.1, 0.15) is 5.82 Å². The molecule has 1 heterocycles. The van der Waals surface area contributed by atoms with E-state index in [0.717, 1.165) is 0 Å². The Kier molecular flexibility index (Phi) is 5.77. The Bertz CT molecular complexity index is 959. The average Bonchev–Trinajstić information content (AvgIpc) is 3.16. The third-order valence-electron chi connectivity index (χ3n) is 3.54. The number of rotatable bonds is 6. The quantitative estimate of drug-likeness (QED) is 0.633. The molecule has 3 rings (SSSR count). The lowest BCUT2D eigenvalue weighted by atomic mass is 10.2. The predicted octanol–water partition coefficient (Wildman–Crippen LogP) is 2.69. The maximum atomic E-state index is 12.9. The molecule has 0 aliphatic heterocycles. The first-order valence-electron chi connectivity index (χ1n) is 7.95. The van der Waals surface area contributed by atoms with E-state index in [4.69, 9.17) is 16.1 Å². The van der Waals surface area contributed by atoms with Gasteiger partial charge >= 0.3 is 11.8 Å². The van der Waals surface area contributed by atoms with Crippen molar-refractivity contribution in [2.75, 3.05) is 13.1 Å². The first-order valence-corrected chi connectivity index (χ1v) is 8.33. The molecule has 2 amide bonds. The van der Waals surface area contributed by atoms with Crippen LogP contribution in [0.2, 0.25) is 5.02 Å². The van der Waals surface area contributed by atoms with E-state index in [1.165, 1.54) is 24.3 Å². The Labute approximate surface area is 158 Å². The fraction of sp³-hybridized carbons (Fsp3) is 0.111. The lowest BCUT2D eigenvalue weighted by molar-refractivity contribution is 0.0898. The largest absolute Gasteiger partial charge is 0.350 e. The highest BCUT2D eigenvalue weighted by molar-refractivity contribution is 6.33. The normalized spacial score (nSPS) is 10.4. The van der Waals surface area contributed by atoms with Crippen LogP contribution in [0.4, 0.5) is 4.39 Å². The number of nitrogens with zero attached hydrogens (tertiary/aromatic N) is 2. The molecule has 0 spiro atoms. The van der Waals surface area contributed by atoms with E-state index in [1.807, 2.05) is 0 Å². The van der Waals surface area contributed by atoms with E-state index in [0.29, 0.717) is 16.1 Å². The van der Waals surface area contributed by atoms with E-state index in [-0.39, 0.29) is 36.5 Å². The number of carbonyl (C=O) groups is 2. The topological polar surface area (TPSA) is 97.1 Å². The van der Waals surface area contributed by atoms with Gasteiger partial charge in [0, 0.05) is 18.7 Å². The summed E-state index contributed by atoms with van der Waals surface area (Å²) in [6.07, 6.45) is 0. The summed E-state index contributed by atoms with van der Waals surface area (Å²) in [5.74, 6) is -1.37. The molecule has 138 valence electrons. The van der Waals surface area contributed by atoms with Gasteiger partial charge in [-0.25, -0.2) is 4.39 Å². The van der Waals surface area contributed by atoms with E-state index < -0.39 is 5.91 Å². The summed E-state index contributed by atoms with van der Waals surface area (Å²) in [7, 11) is 0. The molecular formula is C18H14ClFN4O3. The third-order valence-corrected chi connectivity index (χ3v) is 3.87. The van der Waals surface area contributed by atoms with Crippen LogP contribution in [0, 0.1) is 5.82 Å². The Morgan fingerprint density at radius 1 is 1.00 bits per heavy atom. The molecular weight excluding hydrogens is 375 g/mol. The minimum absolute atomic E-state index is 0.156. The second-order valence-corrected chi connectivity index (χ2v) is 5.83. The standard InChI is InChI=1S/C18H14ClFN4O3/c19-14-4-2-1-3-13(14)16(25)21-9-10-22-17(26)18-23-15(24-27-18)11-5-7-12(20)8-6-11/h1-8H,9-10H2,(H,21,25)(H,22,26). The summed E-state index contributed by atoms with van der Waals surface area (Å²) < 4.78 is 17.8. The molecule has 27 heavy (non-hydrogen) atoms. The maximum Gasteiger partial charge on any atom is 0.316 e. The Balaban J connectivity index is 1.49. The molecule has 0 aliphatic carbocycles. The summed E-state index contributed by atoms with van der Waals surface area (Å²) in [6, 6.07) is 12.1. The smallest absolute Gasteiger partial charge is 0.316 e. The summed E-state index contributed by atoms with van der Waals surface area (Å²) in [5.41, 5.74) is 0.873. The van der Waals surface area contributed by atoms with Gasteiger partial charge in [-0.1, -0.05) is 28.9 Å². The van der Waals surface area contributed by atoms with Gasteiger partial charge in [0.05, 0.1) is 10.6 Å². The second kappa shape index (κ2) is 8.41. The molecule has 0 saturated heterocycles. The number of carbonyl (C=O) groups excluding carboxylic acids is 2. The van der Waals surface area contributed by atoms with E-state index in [2.05, 4.69) is 20.8 Å². The molecule has 7 nitrogen and oxygen atoms in total. The highest BCUT2D eigenvalue weighted by Crippen LogP contribution is 2.16. The SMILES string of the molecule is O=C(NCCNC(=O)c1ccccc1Cl)c1nc(-c2ccc(F)cc2)no1. The first kappa shape index (κ1) is 18.5. The lowest BCUT2D eigenvalue weighted by Crippen LogP contribution is -2.34. The van der Waals surface area contributed by atoms with Gasteiger partial charge in [-0.3, -0.25) is 9.59 Å². The summed E-state index contributed by atoms with van der Waals surface area (Å²) in [6.45, 7) is 0.345. The zero-order chi connectivity index (χ0) is 19.2. The van der Waals surface area contributed by atoms with Crippen molar-refractivity contribution < 1.29 is 18.5 Å². The van der Waals surface area contributed by atoms with Crippen LogP contribution >= 0.6 is 11.6 Å². The van der Waals surface area contributed by atoms with Gasteiger partial charge in [0.15, 0.2) is 0 Å². The lowest BCUT2D eigenvalue weighted by Gasteiger charge is -2.06. The molecule has 0 unspecified atom stereocenters. The van der Waals surface area contributed by atoms with Crippen LogP contribution in [0.5, 0.6) is 0 Å². The molecule has 0 aliphatic rings. The van der Waals surface area contributed by atoms with E-state index in [9.17, 15) is 14.0 Å². The van der Waals surface area contributed by atoms with Crippen LogP contribution in [0.3, 0.4) is 0 Å². The van der Waals surface area contributed by atoms with E-state index in [1.54, 1.807) is 24.3 Å². The molecule has 0 atom stereocenters. The van der Waals surface area contributed by atoms with Gasteiger partial charge in [0.2, 0.25) is 5.82 Å². The van der Waals surface area contributed by atoms with Crippen molar-refractivity contribution in [3.8, 4) is 11.4 Å². The van der Waals surface area contributed by atoms with Gasteiger partial charge in [-0.05, 0) is 36.4 Å². The van der Waals surface area contributed by atoms with Gasteiger partial charge < -0.3 is 15.2 Å². The Morgan fingerprint density at radius 3 is 2.37 bits per heavy atom. The Hall–Kier alpha value is -3.26.